The van der Waals surface area contributed by atoms with Gasteiger partial charge in [0.25, 0.3) is 0 Å². The Labute approximate surface area is 82.9 Å². The zero-order valence-corrected chi connectivity index (χ0v) is 8.92. The SMILES string of the molecule is B[C@@H]1O[C@H](COP(=O)(O)O)[C@@H](O)C1C. The first-order chi connectivity index (χ1) is 6.31. The largest absolute Gasteiger partial charge is 0.469 e. The van der Waals surface area contributed by atoms with Crippen molar-refractivity contribution in [3.8, 4) is 0 Å². The summed E-state index contributed by atoms with van der Waals surface area (Å²) >= 11 is 0. The minimum atomic E-state index is -4.48. The van der Waals surface area contributed by atoms with Crippen LogP contribution in [0.5, 0.6) is 0 Å². The van der Waals surface area contributed by atoms with Gasteiger partial charge in [-0.1, -0.05) is 6.92 Å². The molecule has 1 saturated heterocycles. The highest BCUT2D eigenvalue weighted by Gasteiger charge is 2.39. The normalized spacial score (nSPS) is 38.9. The van der Waals surface area contributed by atoms with Crippen molar-refractivity contribution >= 4 is 15.7 Å². The molecule has 0 bridgehead atoms. The second-order valence-corrected chi connectivity index (χ2v) is 4.76. The van der Waals surface area contributed by atoms with Crippen LogP contribution < -0.4 is 0 Å². The Hall–Kier alpha value is 0.0949. The van der Waals surface area contributed by atoms with Crippen molar-refractivity contribution in [3.05, 3.63) is 0 Å². The van der Waals surface area contributed by atoms with Gasteiger partial charge in [-0.2, -0.15) is 0 Å². The van der Waals surface area contributed by atoms with E-state index in [9.17, 15) is 9.67 Å². The summed E-state index contributed by atoms with van der Waals surface area (Å²) in [6.45, 7) is 1.52. The quantitative estimate of drug-likeness (QED) is 0.396. The number of hydrogen-bond donors (Lipinski definition) is 3. The molecule has 1 aliphatic heterocycles. The van der Waals surface area contributed by atoms with Gasteiger partial charge in [0.15, 0.2) is 0 Å². The summed E-state index contributed by atoms with van der Waals surface area (Å²) in [6, 6.07) is -0.129. The van der Waals surface area contributed by atoms with Crippen molar-refractivity contribution in [2.75, 3.05) is 6.61 Å². The van der Waals surface area contributed by atoms with E-state index in [-0.39, 0.29) is 18.5 Å². The van der Waals surface area contributed by atoms with Crippen molar-refractivity contribution in [3.63, 3.8) is 0 Å². The predicted octanol–water partition coefficient (Wildman–Crippen LogP) is -1.55. The van der Waals surface area contributed by atoms with Crippen LogP contribution in [0.15, 0.2) is 0 Å². The molecule has 0 aliphatic carbocycles. The molecule has 6 nitrogen and oxygen atoms in total. The van der Waals surface area contributed by atoms with E-state index >= 15 is 0 Å². The number of ether oxygens (including phenoxy) is 1. The minimum Gasteiger partial charge on any atom is -0.390 e. The molecule has 0 spiro atoms. The van der Waals surface area contributed by atoms with Crippen LogP contribution in [0.2, 0.25) is 0 Å². The fourth-order valence-corrected chi connectivity index (χ4v) is 1.75. The van der Waals surface area contributed by atoms with E-state index in [1.54, 1.807) is 7.85 Å². The molecule has 0 amide bonds. The average Bonchev–Trinajstić information content (AvgIpc) is 2.28. The van der Waals surface area contributed by atoms with Crippen molar-refractivity contribution in [1.82, 2.24) is 0 Å². The summed E-state index contributed by atoms with van der Waals surface area (Å²) in [4.78, 5) is 16.9. The highest BCUT2D eigenvalue weighted by molar-refractivity contribution is 7.46. The first-order valence-electron chi connectivity index (χ1n) is 4.35. The fraction of sp³-hybridized carbons (Fsp3) is 1.00. The van der Waals surface area contributed by atoms with E-state index in [0.29, 0.717) is 0 Å². The molecule has 1 rings (SSSR count). The zero-order chi connectivity index (χ0) is 10.9. The molecule has 14 heavy (non-hydrogen) atoms. The van der Waals surface area contributed by atoms with Gasteiger partial charge in [0.2, 0.25) is 0 Å². The maximum atomic E-state index is 10.4. The number of phosphoric acid groups is 1. The topological polar surface area (TPSA) is 96.2 Å². The molecule has 3 N–H and O–H groups in total. The standard InChI is InChI=1S/C6H14BO6P/c1-3-5(8)4(13-6(3)7)2-12-14(9,10)11/h3-6,8H,2,7H2,1H3,(H2,9,10,11)/t3?,4-,5+,6-/m1/s1. The Balaban J connectivity index is 2.44. The number of aliphatic hydroxyl groups excluding tert-OH is 1. The summed E-state index contributed by atoms with van der Waals surface area (Å²) in [5, 5.41) is 9.57. The van der Waals surface area contributed by atoms with E-state index in [2.05, 4.69) is 4.52 Å². The smallest absolute Gasteiger partial charge is 0.390 e. The maximum Gasteiger partial charge on any atom is 0.469 e. The molecule has 1 unspecified atom stereocenters. The van der Waals surface area contributed by atoms with Crippen LogP contribution >= 0.6 is 7.82 Å². The Morgan fingerprint density at radius 3 is 2.50 bits per heavy atom. The van der Waals surface area contributed by atoms with Crippen molar-refractivity contribution in [2.24, 2.45) is 5.92 Å². The molecular weight excluding hydrogens is 210 g/mol. The molecule has 1 heterocycles. The Bertz CT molecular complexity index is 242. The third-order valence-electron chi connectivity index (χ3n) is 2.46. The van der Waals surface area contributed by atoms with Gasteiger partial charge in [-0.25, -0.2) is 4.57 Å². The molecular formula is C6H14BO6P. The summed E-state index contributed by atoms with van der Waals surface area (Å²) in [5.41, 5.74) is 0. The van der Waals surface area contributed by atoms with Crippen LogP contribution in [0.25, 0.3) is 0 Å². The number of hydrogen-bond acceptors (Lipinski definition) is 4. The second kappa shape index (κ2) is 4.30. The third kappa shape index (κ3) is 3.05. The molecule has 0 aromatic carbocycles. The molecule has 1 aliphatic rings. The van der Waals surface area contributed by atoms with Gasteiger partial charge in [0.05, 0.1) is 12.7 Å². The van der Waals surface area contributed by atoms with Gasteiger partial charge in [-0.3, -0.25) is 4.52 Å². The van der Waals surface area contributed by atoms with E-state index in [1.165, 1.54) is 0 Å². The lowest BCUT2D eigenvalue weighted by Crippen LogP contribution is -2.29. The zero-order valence-electron chi connectivity index (χ0n) is 8.03. The monoisotopic (exact) mass is 224 g/mol. The predicted molar refractivity (Wildman–Crippen MR) is 50.4 cm³/mol. The van der Waals surface area contributed by atoms with E-state index in [4.69, 9.17) is 14.5 Å². The molecule has 4 atom stereocenters. The highest BCUT2D eigenvalue weighted by atomic mass is 31.2. The first kappa shape index (κ1) is 12.2. The van der Waals surface area contributed by atoms with E-state index < -0.39 is 20.0 Å². The van der Waals surface area contributed by atoms with Crippen molar-refractivity contribution < 1.29 is 28.7 Å². The second-order valence-electron chi connectivity index (χ2n) is 3.52. The van der Waals surface area contributed by atoms with Gasteiger partial charge >= 0.3 is 7.82 Å². The van der Waals surface area contributed by atoms with Gasteiger partial charge in [0, 0.05) is 11.9 Å². The van der Waals surface area contributed by atoms with Gasteiger partial charge in [-0.05, 0) is 0 Å². The minimum absolute atomic E-state index is 0.0552. The molecule has 0 aromatic heterocycles. The summed E-state index contributed by atoms with van der Waals surface area (Å²) in [7, 11) is -2.68. The van der Waals surface area contributed by atoms with Crippen LogP contribution in [-0.2, 0) is 13.8 Å². The van der Waals surface area contributed by atoms with E-state index in [0.717, 1.165) is 0 Å². The van der Waals surface area contributed by atoms with Gasteiger partial charge in [-0.15, -0.1) is 0 Å². The van der Waals surface area contributed by atoms with Crippen LogP contribution in [-0.4, -0.2) is 47.6 Å². The third-order valence-corrected chi connectivity index (χ3v) is 2.94. The highest BCUT2D eigenvalue weighted by Crippen LogP contribution is 2.37. The molecule has 0 saturated carbocycles. The maximum absolute atomic E-state index is 10.4. The average molecular weight is 224 g/mol. The number of rotatable bonds is 3. The van der Waals surface area contributed by atoms with Gasteiger partial charge < -0.3 is 19.6 Å². The molecule has 82 valence electrons. The fourth-order valence-electron chi connectivity index (χ4n) is 1.40. The van der Waals surface area contributed by atoms with E-state index in [1.807, 2.05) is 6.92 Å². The lowest BCUT2D eigenvalue weighted by Gasteiger charge is -2.15. The lowest BCUT2D eigenvalue weighted by molar-refractivity contribution is -0.00501. The van der Waals surface area contributed by atoms with Crippen LogP contribution in [0.1, 0.15) is 6.92 Å². The van der Waals surface area contributed by atoms with Crippen molar-refractivity contribution in [1.29, 1.82) is 0 Å². The number of phosphoric ester groups is 1. The summed E-state index contributed by atoms with van der Waals surface area (Å²) < 4.78 is 19.9. The van der Waals surface area contributed by atoms with Gasteiger partial charge in [0.1, 0.15) is 14.0 Å². The Morgan fingerprint density at radius 2 is 2.14 bits per heavy atom. The molecule has 0 radical (unpaired) electrons. The number of aliphatic hydroxyl groups is 1. The van der Waals surface area contributed by atoms with Crippen LogP contribution in [0, 0.1) is 5.92 Å². The summed E-state index contributed by atoms with van der Waals surface area (Å²) in [6.07, 6.45) is -1.40. The molecule has 0 aromatic rings. The van der Waals surface area contributed by atoms with Crippen LogP contribution in [0.4, 0.5) is 0 Å². The van der Waals surface area contributed by atoms with Crippen molar-refractivity contribution in [2.45, 2.75) is 25.1 Å². The van der Waals surface area contributed by atoms with Crippen LogP contribution in [0.3, 0.4) is 0 Å². The first-order valence-corrected chi connectivity index (χ1v) is 5.88. The Morgan fingerprint density at radius 1 is 1.57 bits per heavy atom. The molecule has 1 fully saturated rings. The summed E-state index contributed by atoms with van der Waals surface area (Å²) in [5.74, 6) is -0.0552. The Kier molecular flexibility index (Phi) is 3.74. The lowest BCUT2D eigenvalue weighted by atomic mass is 9.86. The molecule has 8 heteroatoms.